The number of aromatic nitrogens is 1. The third-order valence-corrected chi connectivity index (χ3v) is 4.04. The van der Waals surface area contributed by atoms with Crippen molar-refractivity contribution in [3.63, 3.8) is 0 Å². The number of hydrogen-bond donors (Lipinski definition) is 2. The van der Waals surface area contributed by atoms with Crippen molar-refractivity contribution in [2.24, 2.45) is 4.99 Å². The van der Waals surface area contributed by atoms with Gasteiger partial charge in [0.25, 0.3) is 0 Å². The minimum atomic E-state index is -4.46. The molecule has 1 aromatic heterocycles. The van der Waals surface area contributed by atoms with Crippen LogP contribution in [0.2, 0.25) is 0 Å². The summed E-state index contributed by atoms with van der Waals surface area (Å²) in [6, 6.07) is 1.85. The van der Waals surface area contributed by atoms with Gasteiger partial charge in [0.2, 0.25) is 5.88 Å². The van der Waals surface area contributed by atoms with Crippen LogP contribution in [0.15, 0.2) is 23.3 Å². The van der Waals surface area contributed by atoms with Gasteiger partial charge in [-0.1, -0.05) is 0 Å². The molecular formula is C17H23F6N5O. The number of ether oxygens (including phenoxy) is 1. The zero-order valence-electron chi connectivity index (χ0n) is 15.8. The molecule has 1 unspecified atom stereocenters. The van der Waals surface area contributed by atoms with Crippen LogP contribution in [0.5, 0.6) is 5.88 Å². The van der Waals surface area contributed by atoms with Gasteiger partial charge in [-0.3, -0.25) is 4.90 Å². The lowest BCUT2D eigenvalue weighted by Gasteiger charge is -2.19. The van der Waals surface area contributed by atoms with E-state index in [-0.39, 0.29) is 31.6 Å². The molecule has 0 amide bonds. The van der Waals surface area contributed by atoms with E-state index in [0.717, 1.165) is 12.1 Å². The van der Waals surface area contributed by atoms with Crippen LogP contribution in [0, 0.1) is 0 Å². The average Bonchev–Trinajstić information content (AvgIpc) is 3.03. The smallest absolute Gasteiger partial charge is 0.417 e. The van der Waals surface area contributed by atoms with Crippen molar-refractivity contribution in [2.75, 3.05) is 39.3 Å². The van der Waals surface area contributed by atoms with Crippen molar-refractivity contribution < 1.29 is 31.1 Å². The van der Waals surface area contributed by atoms with Gasteiger partial charge in [-0.15, -0.1) is 0 Å². The summed E-state index contributed by atoms with van der Waals surface area (Å²) in [4.78, 5) is 9.20. The van der Waals surface area contributed by atoms with Crippen molar-refractivity contribution in [3.05, 3.63) is 23.9 Å². The molecule has 0 radical (unpaired) electrons. The normalized spacial score (nSPS) is 18.7. The molecular weight excluding hydrogens is 404 g/mol. The summed E-state index contributed by atoms with van der Waals surface area (Å²) in [6.07, 6.45) is -7.43. The molecule has 12 heteroatoms. The molecule has 29 heavy (non-hydrogen) atoms. The summed E-state index contributed by atoms with van der Waals surface area (Å²) in [5, 5.41) is 6.09. The second kappa shape index (κ2) is 9.99. The summed E-state index contributed by atoms with van der Waals surface area (Å²) in [6.45, 7) is 2.36. The van der Waals surface area contributed by atoms with Gasteiger partial charge in [-0.05, 0) is 19.4 Å². The molecule has 6 nitrogen and oxygen atoms in total. The molecule has 0 bridgehead atoms. The van der Waals surface area contributed by atoms with E-state index in [1.165, 1.54) is 4.90 Å². The van der Waals surface area contributed by atoms with E-state index in [9.17, 15) is 26.3 Å². The van der Waals surface area contributed by atoms with Gasteiger partial charge in [-0.25, -0.2) is 9.98 Å². The first kappa shape index (κ1) is 23.0. The number of halogens is 6. The van der Waals surface area contributed by atoms with E-state index < -0.39 is 24.5 Å². The van der Waals surface area contributed by atoms with Crippen LogP contribution in [-0.4, -0.2) is 67.4 Å². The summed E-state index contributed by atoms with van der Waals surface area (Å²) in [5.41, 5.74) is -0.863. The van der Waals surface area contributed by atoms with Crippen LogP contribution in [0.4, 0.5) is 26.3 Å². The molecule has 0 aromatic carbocycles. The first-order valence-electron chi connectivity index (χ1n) is 9.07. The van der Waals surface area contributed by atoms with Crippen LogP contribution >= 0.6 is 0 Å². The van der Waals surface area contributed by atoms with Gasteiger partial charge >= 0.3 is 12.4 Å². The molecule has 0 spiro atoms. The summed E-state index contributed by atoms with van der Waals surface area (Å²) in [7, 11) is 0. The highest BCUT2D eigenvalue weighted by atomic mass is 19.4. The summed E-state index contributed by atoms with van der Waals surface area (Å²) < 4.78 is 80.1. The molecule has 164 valence electrons. The Morgan fingerprint density at radius 2 is 2.03 bits per heavy atom. The van der Waals surface area contributed by atoms with E-state index in [1.54, 1.807) is 0 Å². The highest BCUT2D eigenvalue weighted by Crippen LogP contribution is 2.29. The van der Waals surface area contributed by atoms with E-state index in [2.05, 4.69) is 20.6 Å². The predicted molar refractivity (Wildman–Crippen MR) is 94.7 cm³/mol. The number of aliphatic imine (C=N–C) groups is 1. The molecule has 0 saturated carbocycles. The number of guanidine groups is 1. The standard InChI is InChI=1S/C17H23F6N5O/c1-2-24-15(27-13-5-7-28(10-13)11-16(18,19)20)25-6-8-29-14-4-3-12(9-26-14)17(21,22)23/h3-4,9,13H,2,5-8,10-11H2,1H3,(H2,24,25,27). The Labute approximate surface area is 164 Å². The molecule has 1 aromatic rings. The van der Waals surface area contributed by atoms with E-state index in [1.807, 2.05) is 6.92 Å². The molecule has 1 atom stereocenters. The molecule has 1 aliphatic heterocycles. The summed E-state index contributed by atoms with van der Waals surface area (Å²) in [5.74, 6) is 0.486. The minimum Gasteiger partial charge on any atom is -0.476 e. The van der Waals surface area contributed by atoms with Crippen molar-refractivity contribution in [1.29, 1.82) is 0 Å². The van der Waals surface area contributed by atoms with Crippen LogP contribution in [0.3, 0.4) is 0 Å². The van der Waals surface area contributed by atoms with Gasteiger partial charge in [0, 0.05) is 37.9 Å². The van der Waals surface area contributed by atoms with Gasteiger partial charge < -0.3 is 15.4 Å². The minimum absolute atomic E-state index is 0.0461. The fourth-order valence-corrected chi connectivity index (χ4v) is 2.80. The monoisotopic (exact) mass is 427 g/mol. The second-order valence-electron chi connectivity index (χ2n) is 6.47. The van der Waals surface area contributed by atoms with Gasteiger partial charge in [-0.2, -0.15) is 26.3 Å². The van der Waals surface area contributed by atoms with Crippen molar-refractivity contribution in [1.82, 2.24) is 20.5 Å². The molecule has 1 aliphatic rings. The van der Waals surface area contributed by atoms with Crippen LogP contribution < -0.4 is 15.4 Å². The largest absolute Gasteiger partial charge is 0.476 e. The number of nitrogens with zero attached hydrogens (tertiary/aromatic N) is 3. The maximum Gasteiger partial charge on any atom is 0.417 e. The number of rotatable bonds is 7. The van der Waals surface area contributed by atoms with E-state index >= 15 is 0 Å². The Morgan fingerprint density at radius 3 is 2.62 bits per heavy atom. The number of nitrogens with one attached hydrogen (secondary N) is 2. The Kier molecular flexibility index (Phi) is 7.94. The predicted octanol–water partition coefficient (Wildman–Crippen LogP) is 2.67. The Hall–Kier alpha value is -2.24. The lowest BCUT2D eigenvalue weighted by molar-refractivity contribution is -0.143. The van der Waals surface area contributed by atoms with Crippen LogP contribution in [-0.2, 0) is 6.18 Å². The van der Waals surface area contributed by atoms with Crippen LogP contribution in [0.25, 0.3) is 0 Å². The zero-order chi connectivity index (χ0) is 21.5. The SMILES string of the molecule is CCNC(=NCCOc1ccc(C(F)(F)F)cn1)NC1CCN(CC(F)(F)F)C1. The first-order valence-corrected chi connectivity index (χ1v) is 9.07. The average molecular weight is 427 g/mol. The Morgan fingerprint density at radius 1 is 1.28 bits per heavy atom. The van der Waals surface area contributed by atoms with E-state index in [0.29, 0.717) is 31.7 Å². The van der Waals surface area contributed by atoms with Crippen molar-refractivity contribution in [3.8, 4) is 5.88 Å². The highest BCUT2D eigenvalue weighted by Gasteiger charge is 2.34. The quantitative estimate of drug-likeness (QED) is 0.303. The Balaban J connectivity index is 1.79. The first-order chi connectivity index (χ1) is 13.6. The topological polar surface area (TPSA) is 61.8 Å². The maximum atomic E-state index is 12.5. The maximum absolute atomic E-state index is 12.5. The summed E-state index contributed by atoms with van der Waals surface area (Å²) >= 11 is 0. The zero-order valence-corrected chi connectivity index (χ0v) is 15.8. The lowest BCUT2D eigenvalue weighted by atomic mass is 10.3. The van der Waals surface area contributed by atoms with Crippen molar-refractivity contribution >= 4 is 5.96 Å². The molecule has 2 N–H and O–H groups in total. The van der Waals surface area contributed by atoms with Crippen molar-refractivity contribution in [2.45, 2.75) is 31.7 Å². The molecule has 1 fully saturated rings. The molecule has 1 saturated heterocycles. The molecule has 0 aliphatic carbocycles. The molecule has 2 heterocycles. The van der Waals surface area contributed by atoms with E-state index in [4.69, 9.17) is 4.74 Å². The highest BCUT2D eigenvalue weighted by molar-refractivity contribution is 5.80. The lowest BCUT2D eigenvalue weighted by Crippen LogP contribution is -2.45. The number of pyridine rings is 1. The third-order valence-electron chi connectivity index (χ3n) is 4.04. The number of likely N-dealkylation sites (tertiary alicyclic amines) is 1. The number of alkyl halides is 6. The Bertz CT molecular complexity index is 662. The van der Waals surface area contributed by atoms with Crippen LogP contribution in [0.1, 0.15) is 18.9 Å². The number of hydrogen-bond acceptors (Lipinski definition) is 4. The third kappa shape index (κ3) is 8.34. The second-order valence-corrected chi connectivity index (χ2v) is 6.47. The van der Waals surface area contributed by atoms with Gasteiger partial charge in [0.15, 0.2) is 5.96 Å². The fraction of sp³-hybridized carbons (Fsp3) is 0.647. The van der Waals surface area contributed by atoms with Gasteiger partial charge in [0.05, 0.1) is 18.7 Å². The van der Waals surface area contributed by atoms with Gasteiger partial charge in [0.1, 0.15) is 6.61 Å². The molecule has 2 rings (SSSR count). The fourth-order valence-electron chi connectivity index (χ4n) is 2.80.